The smallest absolute Gasteiger partial charge is 0.341 e. The number of hydrogen-bond acceptors (Lipinski definition) is 10. The first kappa shape index (κ1) is 21.8. The molecule has 1 unspecified atom stereocenters. The molecule has 3 aromatic heterocycles. The Bertz CT molecular complexity index is 1120. The fourth-order valence-electron chi connectivity index (χ4n) is 2.96. The van der Waals surface area contributed by atoms with E-state index in [4.69, 9.17) is 21.1 Å². The van der Waals surface area contributed by atoms with Gasteiger partial charge in [0.25, 0.3) is 11.3 Å². The minimum absolute atomic E-state index is 0.0626. The Kier molecular flexibility index (Phi) is 6.57. The lowest BCUT2D eigenvalue weighted by Gasteiger charge is -2.28. The number of esters is 1. The van der Waals surface area contributed by atoms with E-state index in [1.807, 2.05) is 4.90 Å². The van der Waals surface area contributed by atoms with E-state index in [1.54, 1.807) is 13.0 Å². The van der Waals surface area contributed by atoms with Gasteiger partial charge in [-0.25, -0.2) is 24.0 Å². The van der Waals surface area contributed by atoms with Gasteiger partial charge in [0.15, 0.2) is 5.82 Å². The standard InChI is InChI=1S/C17H17ClN6O5S2/c1-2-29-15(25)10-8-19-17(20-9-10)24(31(26)27)12-7-11-13(30-12)14(22-16(18)21-11)23-3-5-28-6-4-23/h7-9H,2-6H2,1H3,(H,26,27). The minimum atomic E-state index is -2.48. The normalized spacial score (nSPS) is 15.1. The molecule has 4 rings (SSSR count). The van der Waals surface area contributed by atoms with Crippen LogP contribution in [0.5, 0.6) is 0 Å². The summed E-state index contributed by atoms with van der Waals surface area (Å²) in [5.74, 6) is -0.00290. The topological polar surface area (TPSA) is 131 Å². The monoisotopic (exact) mass is 484 g/mol. The van der Waals surface area contributed by atoms with Crippen molar-refractivity contribution in [3.8, 4) is 0 Å². The number of carbonyl (C=O) groups is 1. The van der Waals surface area contributed by atoms with Crippen LogP contribution in [-0.4, -0.2) is 67.6 Å². The van der Waals surface area contributed by atoms with Gasteiger partial charge in [0.1, 0.15) is 5.00 Å². The van der Waals surface area contributed by atoms with Crippen LogP contribution < -0.4 is 9.21 Å². The van der Waals surface area contributed by atoms with Crippen LogP contribution >= 0.6 is 22.9 Å². The molecule has 0 saturated carbocycles. The summed E-state index contributed by atoms with van der Waals surface area (Å²) >= 11 is 4.85. The third-order valence-electron chi connectivity index (χ3n) is 4.31. The first-order chi connectivity index (χ1) is 15.0. The van der Waals surface area contributed by atoms with Gasteiger partial charge in [-0.2, -0.15) is 9.29 Å². The van der Waals surface area contributed by atoms with Crippen LogP contribution in [0, 0.1) is 0 Å². The Labute approximate surface area is 188 Å². The van der Waals surface area contributed by atoms with Crippen molar-refractivity contribution in [1.29, 1.82) is 0 Å². The number of nitrogens with zero attached hydrogens (tertiary/aromatic N) is 6. The zero-order valence-electron chi connectivity index (χ0n) is 16.2. The lowest BCUT2D eigenvalue weighted by molar-refractivity contribution is 0.0525. The van der Waals surface area contributed by atoms with E-state index >= 15 is 0 Å². The number of thiophene rings is 1. The molecule has 0 spiro atoms. The van der Waals surface area contributed by atoms with Crippen molar-refractivity contribution in [2.24, 2.45) is 0 Å². The predicted octanol–water partition coefficient (Wildman–Crippen LogP) is 2.42. The van der Waals surface area contributed by atoms with Gasteiger partial charge >= 0.3 is 5.97 Å². The third kappa shape index (κ3) is 4.60. The number of hydrogen-bond donors (Lipinski definition) is 1. The third-order valence-corrected chi connectivity index (χ3v) is 6.37. The molecule has 164 valence electrons. The molecular formula is C17H17ClN6O5S2. The van der Waals surface area contributed by atoms with Crippen LogP contribution in [0.3, 0.4) is 0 Å². The summed E-state index contributed by atoms with van der Waals surface area (Å²) in [5, 5.41) is 0.441. The number of fused-ring (bicyclic) bond motifs is 1. The number of anilines is 3. The molecular weight excluding hydrogens is 468 g/mol. The Hall–Kier alpha value is -2.45. The number of aromatic nitrogens is 4. The molecule has 1 aliphatic heterocycles. The van der Waals surface area contributed by atoms with Crippen molar-refractivity contribution >= 4 is 67.2 Å². The maximum Gasteiger partial charge on any atom is 0.341 e. The van der Waals surface area contributed by atoms with E-state index in [1.165, 1.54) is 23.7 Å². The zero-order valence-corrected chi connectivity index (χ0v) is 18.6. The van der Waals surface area contributed by atoms with Crippen LogP contribution in [-0.2, 0) is 20.7 Å². The second-order valence-electron chi connectivity index (χ2n) is 6.23. The van der Waals surface area contributed by atoms with Crippen molar-refractivity contribution in [3.05, 3.63) is 29.3 Å². The van der Waals surface area contributed by atoms with Crippen molar-refractivity contribution in [1.82, 2.24) is 19.9 Å². The number of ether oxygens (including phenoxy) is 2. The Morgan fingerprint density at radius 1 is 1.35 bits per heavy atom. The summed E-state index contributed by atoms with van der Waals surface area (Å²) in [5.41, 5.74) is 0.665. The largest absolute Gasteiger partial charge is 0.462 e. The second-order valence-corrected chi connectivity index (χ2v) is 8.43. The summed E-state index contributed by atoms with van der Waals surface area (Å²) in [6, 6.07) is 1.62. The van der Waals surface area contributed by atoms with Crippen molar-refractivity contribution in [2.45, 2.75) is 6.92 Å². The van der Waals surface area contributed by atoms with Crippen LogP contribution in [0.25, 0.3) is 10.2 Å². The molecule has 1 aliphatic rings. The van der Waals surface area contributed by atoms with E-state index in [9.17, 15) is 13.6 Å². The summed E-state index contributed by atoms with van der Waals surface area (Å²) in [6.45, 7) is 4.31. The molecule has 0 aromatic carbocycles. The molecule has 11 nitrogen and oxygen atoms in total. The van der Waals surface area contributed by atoms with Crippen LogP contribution in [0.2, 0.25) is 5.28 Å². The van der Waals surface area contributed by atoms with E-state index in [2.05, 4.69) is 19.9 Å². The molecule has 0 aliphatic carbocycles. The van der Waals surface area contributed by atoms with Gasteiger partial charge in [-0.3, -0.25) is 4.55 Å². The van der Waals surface area contributed by atoms with E-state index in [0.717, 1.165) is 4.31 Å². The Morgan fingerprint density at radius 3 is 2.71 bits per heavy atom. The summed E-state index contributed by atoms with van der Waals surface area (Å²) in [4.78, 5) is 30.6. The second kappa shape index (κ2) is 9.36. The Morgan fingerprint density at radius 2 is 2.06 bits per heavy atom. The first-order valence-electron chi connectivity index (χ1n) is 9.18. The molecule has 3 aromatic rings. The molecule has 0 amide bonds. The molecule has 0 radical (unpaired) electrons. The fourth-order valence-corrected chi connectivity index (χ4v) is 4.89. The van der Waals surface area contributed by atoms with Gasteiger partial charge in [0.05, 0.1) is 35.6 Å². The highest BCUT2D eigenvalue weighted by molar-refractivity contribution is 7.81. The van der Waals surface area contributed by atoms with E-state index < -0.39 is 17.2 Å². The molecule has 1 fully saturated rings. The molecule has 1 saturated heterocycles. The van der Waals surface area contributed by atoms with Gasteiger partial charge in [-0.1, -0.05) is 0 Å². The number of halogens is 1. The van der Waals surface area contributed by atoms with Gasteiger partial charge in [-0.15, -0.1) is 11.3 Å². The molecule has 1 N–H and O–H groups in total. The summed E-state index contributed by atoms with van der Waals surface area (Å²) in [6.07, 6.45) is 2.48. The maximum atomic E-state index is 12.1. The van der Waals surface area contributed by atoms with E-state index in [-0.39, 0.29) is 23.4 Å². The summed E-state index contributed by atoms with van der Waals surface area (Å²) < 4.78 is 34.1. The lowest BCUT2D eigenvalue weighted by Crippen LogP contribution is -2.36. The fraction of sp³-hybridized carbons (Fsp3) is 0.353. The van der Waals surface area contributed by atoms with Crippen molar-refractivity contribution < 1.29 is 23.0 Å². The highest BCUT2D eigenvalue weighted by Gasteiger charge is 2.25. The maximum absolute atomic E-state index is 12.1. The van der Waals surface area contributed by atoms with Gasteiger partial charge in [0.2, 0.25) is 11.2 Å². The number of rotatable bonds is 6. The van der Waals surface area contributed by atoms with Gasteiger partial charge < -0.3 is 14.4 Å². The lowest BCUT2D eigenvalue weighted by atomic mass is 10.3. The first-order valence-corrected chi connectivity index (χ1v) is 11.4. The molecule has 31 heavy (non-hydrogen) atoms. The average molecular weight is 485 g/mol. The van der Waals surface area contributed by atoms with Crippen molar-refractivity contribution in [2.75, 3.05) is 42.1 Å². The number of carbonyl (C=O) groups excluding carboxylic acids is 1. The van der Waals surface area contributed by atoms with Crippen molar-refractivity contribution in [3.63, 3.8) is 0 Å². The zero-order chi connectivity index (χ0) is 22.0. The highest BCUT2D eigenvalue weighted by Crippen LogP contribution is 2.40. The quantitative estimate of drug-likeness (QED) is 0.316. The molecule has 1 atom stereocenters. The van der Waals surface area contributed by atoms with Crippen LogP contribution in [0.15, 0.2) is 18.5 Å². The molecule has 4 heterocycles. The van der Waals surface area contributed by atoms with Gasteiger partial charge in [0, 0.05) is 31.5 Å². The van der Waals surface area contributed by atoms with Gasteiger partial charge in [-0.05, 0) is 18.5 Å². The Balaban J connectivity index is 1.73. The average Bonchev–Trinajstić information content (AvgIpc) is 3.17. The van der Waals surface area contributed by atoms with Crippen LogP contribution in [0.4, 0.5) is 16.8 Å². The summed E-state index contributed by atoms with van der Waals surface area (Å²) in [7, 11) is 0. The number of morpholine rings is 1. The SMILES string of the molecule is CCOC(=O)c1cnc(N(c2cc3nc(Cl)nc(N4CCOCC4)c3s2)S(=O)O)nc1. The predicted molar refractivity (Wildman–Crippen MR) is 116 cm³/mol. The molecule has 0 bridgehead atoms. The highest BCUT2D eigenvalue weighted by atomic mass is 35.5. The van der Waals surface area contributed by atoms with Crippen LogP contribution in [0.1, 0.15) is 17.3 Å². The molecule has 14 heteroatoms. The van der Waals surface area contributed by atoms with E-state index in [0.29, 0.717) is 47.3 Å². The minimum Gasteiger partial charge on any atom is -0.462 e.